The highest BCUT2D eigenvalue weighted by Gasteiger charge is 2.18. The Morgan fingerprint density at radius 2 is 2.00 bits per heavy atom. The molecule has 1 fully saturated rings. The van der Waals surface area contributed by atoms with Crippen LogP contribution in [0.4, 0.5) is 4.39 Å². The second kappa shape index (κ2) is 8.83. The molecule has 2 aromatic rings. The number of benzene rings is 2. The van der Waals surface area contributed by atoms with Crippen molar-refractivity contribution >= 4 is 0 Å². The van der Waals surface area contributed by atoms with Crippen molar-refractivity contribution in [3.8, 4) is 11.5 Å². The smallest absolute Gasteiger partial charge is 0.165 e. The van der Waals surface area contributed by atoms with Crippen LogP contribution in [0.3, 0.4) is 0 Å². The van der Waals surface area contributed by atoms with Gasteiger partial charge in [0.15, 0.2) is 11.5 Å². The van der Waals surface area contributed by atoms with Crippen LogP contribution in [0.15, 0.2) is 42.5 Å². The quantitative estimate of drug-likeness (QED) is 0.792. The first kappa shape index (κ1) is 17.7. The lowest BCUT2D eigenvalue weighted by Gasteiger charge is -2.17. The minimum atomic E-state index is -0.221. The van der Waals surface area contributed by atoms with E-state index in [1.165, 1.54) is 12.1 Å². The number of nitrogens with one attached hydrogen (secondary N) is 1. The molecule has 0 saturated carbocycles. The average molecular weight is 345 g/mol. The van der Waals surface area contributed by atoms with Gasteiger partial charge in [0.25, 0.3) is 0 Å². The Hall–Kier alpha value is -2.11. The molecule has 4 nitrogen and oxygen atoms in total. The summed E-state index contributed by atoms with van der Waals surface area (Å²) in [5, 5.41) is 3.37. The molecule has 0 amide bonds. The summed E-state index contributed by atoms with van der Waals surface area (Å²) in [5.41, 5.74) is 2.06. The van der Waals surface area contributed by atoms with Crippen molar-refractivity contribution < 1.29 is 18.6 Å². The molecule has 0 aromatic heterocycles. The molecule has 3 rings (SSSR count). The number of hydrogen-bond donors (Lipinski definition) is 1. The fourth-order valence-corrected chi connectivity index (χ4v) is 2.92. The van der Waals surface area contributed by atoms with E-state index in [1.54, 1.807) is 19.2 Å². The van der Waals surface area contributed by atoms with Gasteiger partial charge in [-0.25, -0.2) is 4.39 Å². The van der Waals surface area contributed by atoms with Gasteiger partial charge in [-0.2, -0.15) is 0 Å². The molecule has 1 aliphatic rings. The third-order valence-corrected chi connectivity index (χ3v) is 4.28. The molecule has 0 radical (unpaired) electrons. The summed E-state index contributed by atoms with van der Waals surface area (Å²) in [5.74, 6) is 1.26. The Balaban J connectivity index is 1.61. The number of hydrogen-bond acceptors (Lipinski definition) is 4. The van der Waals surface area contributed by atoms with Crippen LogP contribution < -0.4 is 14.8 Å². The van der Waals surface area contributed by atoms with E-state index in [0.717, 1.165) is 42.1 Å². The molecular weight excluding hydrogens is 321 g/mol. The molecule has 5 heteroatoms. The molecular formula is C20H24FNO3. The molecule has 1 saturated heterocycles. The number of halogens is 1. The Labute approximate surface area is 147 Å². The van der Waals surface area contributed by atoms with Crippen LogP contribution in [0.25, 0.3) is 0 Å². The fourth-order valence-electron chi connectivity index (χ4n) is 2.92. The highest BCUT2D eigenvalue weighted by molar-refractivity contribution is 5.46. The maximum Gasteiger partial charge on any atom is 0.165 e. The highest BCUT2D eigenvalue weighted by atomic mass is 19.1. The van der Waals surface area contributed by atoms with E-state index in [-0.39, 0.29) is 11.9 Å². The molecule has 1 N–H and O–H groups in total. The Kier molecular flexibility index (Phi) is 6.25. The molecule has 1 unspecified atom stereocenters. The van der Waals surface area contributed by atoms with E-state index in [1.807, 2.05) is 18.2 Å². The van der Waals surface area contributed by atoms with E-state index in [4.69, 9.17) is 14.2 Å². The summed E-state index contributed by atoms with van der Waals surface area (Å²) in [7, 11) is 1.64. The van der Waals surface area contributed by atoms with Gasteiger partial charge in [-0.15, -0.1) is 0 Å². The third-order valence-electron chi connectivity index (χ3n) is 4.28. The normalized spacial score (nSPS) is 16.8. The zero-order valence-electron chi connectivity index (χ0n) is 14.5. The molecule has 134 valence electrons. The number of para-hydroxylation sites is 1. The van der Waals surface area contributed by atoms with Crippen molar-refractivity contribution in [3.05, 3.63) is 59.4 Å². The zero-order chi connectivity index (χ0) is 17.5. The molecule has 0 bridgehead atoms. The van der Waals surface area contributed by atoms with Gasteiger partial charge in [-0.05, 0) is 36.6 Å². The Morgan fingerprint density at radius 1 is 1.16 bits per heavy atom. The monoisotopic (exact) mass is 345 g/mol. The van der Waals surface area contributed by atoms with Crippen molar-refractivity contribution in [3.63, 3.8) is 0 Å². The zero-order valence-corrected chi connectivity index (χ0v) is 14.5. The van der Waals surface area contributed by atoms with E-state index in [9.17, 15) is 4.39 Å². The topological polar surface area (TPSA) is 39.7 Å². The lowest BCUT2D eigenvalue weighted by Crippen LogP contribution is -2.19. The molecule has 1 aliphatic heterocycles. The van der Waals surface area contributed by atoms with Gasteiger partial charge in [0, 0.05) is 25.3 Å². The standard InChI is InChI=1S/C20H24FNO3/c1-23-19-6-2-4-16(20(19)25-14-18-5-3-11-24-18)13-22-12-15-7-9-17(21)10-8-15/h2,4,6-10,18,22H,3,5,11-14H2,1H3. The van der Waals surface area contributed by atoms with E-state index >= 15 is 0 Å². The second-order valence-corrected chi connectivity index (χ2v) is 6.12. The van der Waals surface area contributed by atoms with Crippen molar-refractivity contribution in [2.75, 3.05) is 20.3 Å². The molecule has 1 atom stereocenters. The first-order valence-electron chi connectivity index (χ1n) is 8.61. The van der Waals surface area contributed by atoms with Gasteiger partial charge in [-0.1, -0.05) is 24.3 Å². The van der Waals surface area contributed by atoms with Gasteiger partial charge < -0.3 is 19.5 Å². The summed E-state index contributed by atoms with van der Waals surface area (Å²) >= 11 is 0. The predicted molar refractivity (Wildman–Crippen MR) is 94.4 cm³/mol. The summed E-state index contributed by atoms with van der Waals surface area (Å²) in [6, 6.07) is 12.4. The van der Waals surface area contributed by atoms with E-state index in [2.05, 4.69) is 5.32 Å². The second-order valence-electron chi connectivity index (χ2n) is 6.12. The van der Waals surface area contributed by atoms with Gasteiger partial charge in [0.05, 0.1) is 13.2 Å². The number of rotatable bonds is 8. The average Bonchev–Trinajstić information content (AvgIpc) is 3.15. The van der Waals surface area contributed by atoms with Crippen molar-refractivity contribution in [1.29, 1.82) is 0 Å². The van der Waals surface area contributed by atoms with Crippen LogP contribution in [-0.2, 0) is 17.8 Å². The van der Waals surface area contributed by atoms with Crippen LogP contribution in [0.5, 0.6) is 11.5 Å². The minimum absolute atomic E-state index is 0.157. The first-order chi connectivity index (χ1) is 12.3. The van der Waals surface area contributed by atoms with Crippen LogP contribution in [-0.4, -0.2) is 26.4 Å². The summed E-state index contributed by atoms with van der Waals surface area (Å²) < 4.78 is 30.1. The summed E-state index contributed by atoms with van der Waals surface area (Å²) in [4.78, 5) is 0. The van der Waals surface area contributed by atoms with Crippen LogP contribution in [0.2, 0.25) is 0 Å². The lowest BCUT2D eigenvalue weighted by molar-refractivity contribution is 0.0666. The van der Waals surface area contributed by atoms with Gasteiger partial charge in [0.2, 0.25) is 0 Å². The van der Waals surface area contributed by atoms with Gasteiger partial charge in [-0.3, -0.25) is 0 Å². The van der Waals surface area contributed by atoms with Crippen LogP contribution >= 0.6 is 0 Å². The Bertz CT molecular complexity index is 669. The predicted octanol–water partition coefficient (Wildman–Crippen LogP) is 3.68. The van der Waals surface area contributed by atoms with Gasteiger partial charge >= 0.3 is 0 Å². The SMILES string of the molecule is COc1cccc(CNCc2ccc(F)cc2)c1OCC1CCCO1. The maximum absolute atomic E-state index is 13.0. The van der Waals surface area contributed by atoms with Crippen molar-refractivity contribution in [2.45, 2.75) is 32.0 Å². The van der Waals surface area contributed by atoms with Crippen LogP contribution in [0, 0.1) is 5.82 Å². The molecule has 25 heavy (non-hydrogen) atoms. The number of methoxy groups -OCH3 is 1. The van der Waals surface area contributed by atoms with Crippen LogP contribution in [0.1, 0.15) is 24.0 Å². The summed E-state index contributed by atoms with van der Waals surface area (Å²) in [6.07, 6.45) is 2.28. The van der Waals surface area contributed by atoms with Crippen molar-refractivity contribution in [2.24, 2.45) is 0 Å². The molecule has 0 aliphatic carbocycles. The number of ether oxygens (including phenoxy) is 3. The fraction of sp³-hybridized carbons (Fsp3) is 0.400. The Morgan fingerprint density at radius 3 is 2.72 bits per heavy atom. The lowest BCUT2D eigenvalue weighted by atomic mass is 10.1. The highest BCUT2D eigenvalue weighted by Crippen LogP contribution is 2.31. The third kappa shape index (κ3) is 4.94. The minimum Gasteiger partial charge on any atom is -0.493 e. The van der Waals surface area contributed by atoms with E-state index in [0.29, 0.717) is 19.7 Å². The first-order valence-corrected chi connectivity index (χ1v) is 8.61. The largest absolute Gasteiger partial charge is 0.493 e. The summed E-state index contributed by atoms with van der Waals surface area (Å²) in [6.45, 7) is 2.63. The van der Waals surface area contributed by atoms with Gasteiger partial charge in [0.1, 0.15) is 12.4 Å². The molecule has 2 aromatic carbocycles. The molecule has 0 spiro atoms. The van der Waals surface area contributed by atoms with Crippen molar-refractivity contribution in [1.82, 2.24) is 5.32 Å². The molecule has 1 heterocycles. The van der Waals surface area contributed by atoms with E-state index < -0.39 is 0 Å². The maximum atomic E-state index is 13.0.